The van der Waals surface area contributed by atoms with Gasteiger partial charge in [0, 0.05) is 5.02 Å². The molecule has 0 atom stereocenters. The summed E-state index contributed by atoms with van der Waals surface area (Å²) in [6.45, 7) is 5.56. The van der Waals surface area contributed by atoms with E-state index >= 15 is 0 Å². The van der Waals surface area contributed by atoms with Crippen LogP contribution in [-0.2, 0) is 0 Å². The van der Waals surface area contributed by atoms with Gasteiger partial charge >= 0.3 is 5.97 Å². The molecule has 1 N–H and O–H groups in total. The van der Waals surface area contributed by atoms with Crippen molar-refractivity contribution >= 4 is 17.6 Å². The lowest BCUT2D eigenvalue weighted by Crippen LogP contribution is -2.24. The molecule has 0 heterocycles. The predicted molar refractivity (Wildman–Crippen MR) is 58.8 cm³/mol. The summed E-state index contributed by atoms with van der Waals surface area (Å²) >= 11 is 5.71. The molecule has 0 aliphatic rings. The average molecular weight is 229 g/mol. The molecule has 0 radical (unpaired) electrons. The molecule has 1 aromatic carbocycles. The van der Waals surface area contributed by atoms with Gasteiger partial charge in [-0.3, -0.25) is 0 Å². The van der Waals surface area contributed by atoms with E-state index in [0.29, 0.717) is 10.8 Å². The number of aromatic carboxylic acids is 1. The number of hydrogen-bond donors (Lipinski definition) is 1. The van der Waals surface area contributed by atoms with Gasteiger partial charge in [-0.2, -0.15) is 0 Å². The van der Waals surface area contributed by atoms with Crippen molar-refractivity contribution in [3.8, 4) is 5.75 Å². The number of carboxylic acid groups (broad SMARTS) is 1. The minimum atomic E-state index is -1.04. The van der Waals surface area contributed by atoms with Crippen molar-refractivity contribution < 1.29 is 14.6 Å². The average Bonchev–Trinajstić information content (AvgIpc) is 2.05. The van der Waals surface area contributed by atoms with Crippen molar-refractivity contribution in [2.45, 2.75) is 26.4 Å². The molecule has 0 aromatic heterocycles. The summed E-state index contributed by atoms with van der Waals surface area (Å²) in [7, 11) is 0. The standard InChI is InChI=1S/C11H13ClO3/c1-11(2,3)15-9-5-4-7(12)6-8(9)10(13)14/h4-6H,1-3H3,(H,13,14). The van der Waals surface area contributed by atoms with Crippen LogP contribution in [0.15, 0.2) is 18.2 Å². The Morgan fingerprint density at radius 2 is 2.00 bits per heavy atom. The summed E-state index contributed by atoms with van der Waals surface area (Å²) in [5, 5.41) is 9.33. The van der Waals surface area contributed by atoms with Gasteiger partial charge in [0.05, 0.1) is 0 Å². The first-order valence-electron chi connectivity index (χ1n) is 4.51. The number of halogens is 1. The van der Waals surface area contributed by atoms with Crippen LogP contribution in [0.5, 0.6) is 5.75 Å². The molecule has 1 rings (SSSR count). The van der Waals surface area contributed by atoms with E-state index in [-0.39, 0.29) is 5.56 Å². The number of carboxylic acids is 1. The van der Waals surface area contributed by atoms with Crippen LogP contribution in [0.2, 0.25) is 5.02 Å². The van der Waals surface area contributed by atoms with E-state index in [1.54, 1.807) is 12.1 Å². The fourth-order valence-corrected chi connectivity index (χ4v) is 1.26. The van der Waals surface area contributed by atoms with Gasteiger partial charge in [0.15, 0.2) is 0 Å². The highest BCUT2D eigenvalue weighted by Gasteiger charge is 2.18. The third-order valence-corrected chi connectivity index (χ3v) is 1.82. The van der Waals surface area contributed by atoms with Crippen molar-refractivity contribution in [2.75, 3.05) is 0 Å². The smallest absolute Gasteiger partial charge is 0.339 e. The lowest BCUT2D eigenvalue weighted by atomic mass is 10.1. The Balaban J connectivity index is 3.12. The lowest BCUT2D eigenvalue weighted by molar-refractivity contribution is 0.0681. The van der Waals surface area contributed by atoms with Crippen molar-refractivity contribution in [1.82, 2.24) is 0 Å². The number of hydrogen-bond acceptors (Lipinski definition) is 2. The van der Waals surface area contributed by atoms with Gasteiger partial charge < -0.3 is 9.84 Å². The second kappa shape index (κ2) is 4.11. The molecule has 15 heavy (non-hydrogen) atoms. The van der Waals surface area contributed by atoms with Gasteiger partial charge in [0.1, 0.15) is 16.9 Å². The number of ether oxygens (including phenoxy) is 1. The van der Waals surface area contributed by atoms with Crippen LogP contribution < -0.4 is 4.74 Å². The number of carbonyl (C=O) groups is 1. The van der Waals surface area contributed by atoms with E-state index in [1.807, 2.05) is 20.8 Å². The normalized spacial score (nSPS) is 11.2. The second-order valence-electron chi connectivity index (χ2n) is 4.16. The fraction of sp³-hybridized carbons (Fsp3) is 0.364. The number of rotatable bonds is 2. The van der Waals surface area contributed by atoms with E-state index < -0.39 is 11.6 Å². The highest BCUT2D eigenvalue weighted by atomic mass is 35.5. The molecule has 82 valence electrons. The molecular formula is C11H13ClO3. The van der Waals surface area contributed by atoms with Gasteiger partial charge in [-0.25, -0.2) is 4.79 Å². The minimum absolute atomic E-state index is 0.0809. The molecule has 0 saturated carbocycles. The third kappa shape index (κ3) is 3.44. The SMILES string of the molecule is CC(C)(C)Oc1ccc(Cl)cc1C(=O)O. The lowest BCUT2D eigenvalue weighted by Gasteiger charge is -2.22. The summed E-state index contributed by atoms with van der Waals surface area (Å²) in [6.07, 6.45) is 0. The molecule has 0 fully saturated rings. The molecule has 4 heteroatoms. The highest BCUT2D eigenvalue weighted by Crippen LogP contribution is 2.26. The highest BCUT2D eigenvalue weighted by molar-refractivity contribution is 6.31. The van der Waals surface area contributed by atoms with E-state index in [1.165, 1.54) is 6.07 Å². The van der Waals surface area contributed by atoms with Crippen LogP contribution in [-0.4, -0.2) is 16.7 Å². The fourth-order valence-electron chi connectivity index (χ4n) is 1.09. The van der Waals surface area contributed by atoms with Crippen LogP contribution in [0, 0.1) is 0 Å². The molecule has 0 saturated heterocycles. The van der Waals surface area contributed by atoms with E-state index in [4.69, 9.17) is 21.4 Å². The molecular weight excluding hydrogens is 216 g/mol. The largest absolute Gasteiger partial charge is 0.487 e. The Kier molecular flexibility index (Phi) is 3.25. The quantitative estimate of drug-likeness (QED) is 0.846. The Morgan fingerprint density at radius 3 is 2.47 bits per heavy atom. The van der Waals surface area contributed by atoms with Gasteiger partial charge in [-0.15, -0.1) is 0 Å². The number of benzene rings is 1. The Hall–Kier alpha value is -1.22. The van der Waals surface area contributed by atoms with Crippen molar-refractivity contribution in [2.24, 2.45) is 0 Å². The van der Waals surface area contributed by atoms with Crippen LogP contribution in [0.3, 0.4) is 0 Å². The first-order chi connectivity index (χ1) is 6.79. The van der Waals surface area contributed by atoms with Crippen LogP contribution in [0.1, 0.15) is 31.1 Å². The van der Waals surface area contributed by atoms with Gasteiger partial charge in [-0.1, -0.05) is 11.6 Å². The first kappa shape index (κ1) is 11.9. The predicted octanol–water partition coefficient (Wildman–Crippen LogP) is 3.22. The monoisotopic (exact) mass is 228 g/mol. The minimum Gasteiger partial charge on any atom is -0.487 e. The summed E-state index contributed by atoms with van der Waals surface area (Å²) in [4.78, 5) is 10.9. The summed E-state index contributed by atoms with van der Waals surface area (Å²) < 4.78 is 5.51. The molecule has 0 unspecified atom stereocenters. The van der Waals surface area contributed by atoms with Crippen LogP contribution in [0.25, 0.3) is 0 Å². The molecule has 0 aliphatic carbocycles. The molecule has 1 aromatic rings. The van der Waals surface area contributed by atoms with E-state index in [2.05, 4.69) is 0 Å². The second-order valence-corrected chi connectivity index (χ2v) is 4.60. The maximum absolute atomic E-state index is 10.9. The molecule has 0 spiro atoms. The molecule has 0 aliphatic heterocycles. The Morgan fingerprint density at radius 1 is 1.40 bits per heavy atom. The Bertz CT molecular complexity index is 380. The zero-order valence-electron chi connectivity index (χ0n) is 8.87. The summed E-state index contributed by atoms with van der Waals surface area (Å²) in [5.41, 5.74) is -0.352. The van der Waals surface area contributed by atoms with Crippen molar-refractivity contribution in [1.29, 1.82) is 0 Å². The van der Waals surface area contributed by atoms with Crippen molar-refractivity contribution in [3.05, 3.63) is 28.8 Å². The van der Waals surface area contributed by atoms with Crippen molar-refractivity contribution in [3.63, 3.8) is 0 Å². The summed E-state index contributed by atoms with van der Waals surface area (Å²) in [6, 6.07) is 4.55. The van der Waals surface area contributed by atoms with Gasteiger partial charge in [0.2, 0.25) is 0 Å². The Labute approximate surface area is 93.6 Å². The van der Waals surface area contributed by atoms with Gasteiger partial charge in [0.25, 0.3) is 0 Å². The molecule has 3 nitrogen and oxygen atoms in total. The third-order valence-electron chi connectivity index (χ3n) is 1.59. The first-order valence-corrected chi connectivity index (χ1v) is 4.89. The zero-order valence-corrected chi connectivity index (χ0v) is 9.63. The molecule has 0 amide bonds. The van der Waals surface area contributed by atoms with Crippen LogP contribution in [0.4, 0.5) is 0 Å². The van der Waals surface area contributed by atoms with E-state index in [0.717, 1.165) is 0 Å². The van der Waals surface area contributed by atoms with Crippen LogP contribution >= 0.6 is 11.6 Å². The topological polar surface area (TPSA) is 46.5 Å². The zero-order chi connectivity index (χ0) is 11.6. The van der Waals surface area contributed by atoms with Gasteiger partial charge in [-0.05, 0) is 39.0 Å². The van der Waals surface area contributed by atoms with E-state index in [9.17, 15) is 4.79 Å². The maximum atomic E-state index is 10.9. The summed E-state index contributed by atoms with van der Waals surface area (Å²) in [5.74, 6) is -0.712. The maximum Gasteiger partial charge on any atom is 0.339 e. The molecule has 0 bridgehead atoms.